The zero-order chi connectivity index (χ0) is 15.6. The Bertz CT molecular complexity index is 642. The minimum absolute atomic E-state index is 0.0357. The van der Waals surface area contributed by atoms with E-state index in [9.17, 15) is 22.9 Å². The molecule has 1 aromatic carbocycles. The molecule has 1 fully saturated rings. The summed E-state index contributed by atoms with van der Waals surface area (Å²) < 4.78 is 40.6. The Kier molecular flexibility index (Phi) is 4.55. The number of nitro groups is 1. The lowest BCUT2D eigenvalue weighted by Gasteiger charge is -2.26. The number of halogens is 1. The molecular weight excluding hydrogens is 301 g/mol. The summed E-state index contributed by atoms with van der Waals surface area (Å²) in [5, 5.41) is 10.9. The van der Waals surface area contributed by atoms with Crippen molar-refractivity contribution in [2.45, 2.75) is 42.7 Å². The van der Waals surface area contributed by atoms with Crippen LogP contribution in [0, 0.1) is 15.9 Å². The Morgan fingerprint density at radius 2 is 1.90 bits per heavy atom. The molecule has 0 aliphatic heterocycles. The largest absolute Gasteiger partial charge is 0.328 e. The van der Waals surface area contributed by atoms with Crippen molar-refractivity contribution >= 4 is 15.7 Å². The molecule has 116 valence electrons. The summed E-state index contributed by atoms with van der Waals surface area (Å²) in [4.78, 5) is 9.07. The molecule has 1 aliphatic rings. The number of nitrogens with zero attached hydrogens (tertiary/aromatic N) is 1. The molecule has 1 aliphatic carbocycles. The molecule has 0 amide bonds. The molecule has 3 N–H and O–H groups in total. The van der Waals surface area contributed by atoms with Crippen molar-refractivity contribution in [1.82, 2.24) is 4.72 Å². The Labute approximate surface area is 121 Å². The highest BCUT2D eigenvalue weighted by Gasteiger charge is 2.32. The molecule has 0 atom stereocenters. The van der Waals surface area contributed by atoms with Gasteiger partial charge in [-0.3, -0.25) is 10.1 Å². The predicted octanol–water partition coefficient (Wildman–Crippen LogP) is 1.28. The number of nitrogens with two attached hydrogens (primary N) is 1. The smallest absolute Gasteiger partial charge is 0.292 e. The normalized spacial score (nSPS) is 23.0. The van der Waals surface area contributed by atoms with Crippen molar-refractivity contribution in [3.8, 4) is 0 Å². The van der Waals surface area contributed by atoms with Crippen molar-refractivity contribution in [3.63, 3.8) is 0 Å². The fourth-order valence-electron chi connectivity index (χ4n) is 2.42. The van der Waals surface area contributed by atoms with E-state index in [4.69, 9.17) is 5.73 Å². The zero-order valence-electron chi connectivity index (χ0n) is 11.2. The lowest BCUT2D eigenvalue weighted by Crippen LogP contribution is -2.40. The number of nitro benzene ring substituents is 1. The summed E-state index contributed by atoms with van der Waals surface area (Å²) in [6.45, 7) is 0. The van der Waals surface area contributed by atoms with E-state index in [0.29, 0.717) is 25.7 Å². The van der Waals surface area contributed by atoms with E-state index >= 15 is 0 Å². The quantitative estimate of drug-likeness (QED) is 0.641. The van der Waals surface area contributed by atoms with Gasteiger partial charge in [-0.15, -0.1) is 0 Å². The van der Waals surface area contributed by atoms with Crippen LogP contribution in [-0.2, 0) is 10.0 Å². The van der Waals surface area contributed by atoms with E-state index < -0.39 is 31.3 Å². The van der Waals surface area contributed by atoms with Crippen LogP contribution < -0.4 is 10.5 Å². The van der Waals surface area contributed by atoms with Gasteiger partial charge in [-0.1, -0.05) is 6.07 Å². The molecule has 0 saturated heterocycles. The standard InChI is InChI=1S/C12H16FN3O4S/c13-10-2-1-3-11(16(17)18)12(10)21(19,20)15-9-6-4-8(14)5-7-9/h1-3,8-9,15H,4-7,14H2. The summed E-state index contributed by atoms with van der Waals surface area (Å²) in [5.41, 5.74) is 4.96. The minimum atomic E-state index is -4.29. The van der Waals surface area contributed by atoms with E-state index in [2.05, 4.69) is 4.72 Å². The van der Waals surface area contributed by atoms with Crippen LogP contribution in [0.1, 0.15) is 25.7 Å². The van der Waals surface area contributed by atoms with Gasteiger partial charge in [-0.05, 0) is 31.7 Å². The van der Waals surface area contributed by atoms with Crippen LogP contribution in [0.4, 0.5) is 10.1 Å². The maximum absolute atomic E-state index is 13.8. The van der Waals surface area contributed by atoms with Gasteiger partial charge in [0.2, 0.25) is 0 Å². The topological polar surface area (TPSA) is 115 Å². The fourth-order valence-corrected chi connectivity index (χ4v) is 3.96. The fraction of sp³-hybridized carbons (Fsp3) is 0.500. The number of hydrogen-bond donors (Lipinski definition) is 2. The summed E-state index contributed by atoms with van der Waals surface area (Å²) in [6.07, 6.45) is 2.38. The van der Waals surface area contributed by atoms with Gasteiger partial charge >= 0.3 is 0 Å². The highest BCUT2D eigenvalue weighted by atomic mass is 32.2. The SMILES string of the molecule is NC1CCC(NS(=O)(=O)c2c(F)cccc2[N+](=O)[O-])CC1. The second-order valence-electron chi connectivity index (χ2n) is 5.08. The van der Waals surface area contributed by atoms with Crippen LogP contribution in [0.25, 0.3) is 0 Å². The maximum atomic E-state index is 13.8. The molecule has 0 radical (unpaired) electrons. The van der Waals surface area contributed by atoms with Gasteiger partial charge in [0, 0.05) is 18.2 Å². The molecule has 1 aromatic rings. The summed E-state index contributed by atoms with van der Waals surface area (Å²) in [7, 11) is -4.29. The molecule has 21 heavy (non-hydrogen) atoms. The van der Waals surface area contributed by atoms with Crippen LogP contribution in [0.3, 0.4) is 0 Å². The number of nitrogens with one attached hydrogen (secondary N) is 1. The number of benzene rings is 1. The van der Waals surface area contributed by atoms with E-state index in [1.54, 1.807) is 0 Å². The molecular formula is C12H16FN3O4S. The molecule has 0 heterocycles. The maximum Gasteiger partial charge on any atom is 0.292 e. The number of hydrogen-bond acceptors (Lipinski definition) is 5. The van der Waals surface area contributed by atoms with Gasteiger partial charge in [0.15, 0.2) is 4.90 Å². The van der Waals surface area contributed by atoms with Gasteiger partial charge in [-0.2, -0.15) is 0 Å². The first-order chi connectivity index (χ1) is 9.81. The van der Waals surface area contributed by atoms with Crippen LogP contribution >= 0.6 is 0 Å². The molecule has 0 spiro atoms. The molecule has 1 saturated carbocycles. The van der Waals surface area contributed by atoms with Crippen LogP contribution in [0.2, 0.25) is 0 Å². The Balaban J connectivity index is 2.30. The summed E-state index contributed by atoms with van der Waals surface area (Å²) >= 11 is 0. The van der Waals surface area contributed by atoms with Crippen molar-refractivity contribution in [2.75, 3.05) is 0 Å². The van der Waals surface area contributed by atoms with Gasteiger partial charge in [-0.25, -0.2) is 17.5 Å². The van der Waals surface area contributed by atoms with Crippen LogP contribution in [-0.4, -0.2) is 25.4 Å². The lowest BCUT2D eigenvalue weighted by molar-refractivity contribution is -0.388. The van der Waals surface area contributed by atoms with E-state index in [1.807, 2.05) is 0 Å². The monoisotopic (exact) mass is 317 g/mol. The molecule has 0 bridgehead atoms. The highest BCUT2D eigenvalue weighted by Crippen LogP contribution is 2.27. The second kappa shape index (κ2) is 6.04. The molecule has 7 nitrogen and oxygen atoms in total. The van der Waals surface area contributed by atoms with E-state index in [1.165, 1.54) is 0 Å². The van der Waals surface area contributed by atoms with Crippen molar-refractivity contribution in [3.05, 3.63) is 34.1 Å². The summed E-state index contributed by atoms with van der Waals surface area (Å²) in [6, 6.07) is 2.61. The van der Waals surface area contributed by atoms with Crippen LogP contribution in [0.15, 0.2) is 23.1 Å². The second-order valence-corrected chi connectivity index (χ2v) is 6.73. The molecule has 0 aromatic heterocycles. The van der Waals surface area contributed by atoms with Gasteiger partial charge < -0.3 is 5.73 Å². The first kappa shape index (κ1) is 15.8. The third kappa shape index (κ3) is 3.55. The average Bonchev–Trinajstić information content (AvgIpc) is 2.40. The number of rotatable bonds is 4. The highest BCUT2D eigenvalue weighted by molar-refractivity contribution is 7.89. The van der Waals surface area contributed by atoms with E-state index in [0.717, 1.165) is 18.2 Å². The summed E-state index contributed by atoms with van der Waals surface area (Å²) in [5.74, 6) is -1.13. The van der Waals surface area contributed by atoms with Gasteiger partial charge in [0.25, 0.3) is 15.7 Å². The van der Waals surface area contributed by atoms with Gasteiger partial charge in [0.1, 0.15) is 5.82 Å². The number of sulfonamides is 1. The zero-order valence-corrected chi connectivity index (χ0v) is 12.0. The van der Waals surface area contributed by atoms with E-state index in [-0.39, 0.29) is 12.1 Å². The Morgan fingerprint density at radius 1 is 1.29 bits per heavy atom. The minimum Gasteiger partial charge on any atom is -0.328 e. The Hall–Kier alpha value is -1.58. The predicted molar refractivity (Wildman–Crippen MR) is 73.6 cm³/mol. The van der Waals surface area contributed by atoms with Crippen molar-refractivity contribution < 1.29 is 17.7 Å². The molecule has 0 unspecified atom stereocenters. The average molecular weight is 317 g/mol. The Morgan fingerprint density at radius 3 is 2.48 bits per heavy atom. The first-order valence-corrected chi connectivity index (χ1v) is 8.00. The van der Waals surface area contributed by atoms with Crippen molar-refractivity contribution in [1.29, 1.82) is 0 Å². The molecule has 9 heteroatoms. The van der Waals surface area contributed by atoms with Gasteiger partial charge in [0.05, 0.1) is 4.92 Å². The first-order valence-electron chi connectivity index (χ1n) is 6.52. The van der Waals surface area contributed by atoms with Crippen LogP contribution in [0.5, 0.6) is 0 Å². The van der Waals surface area contributed by atoms with Crippen molar-refractivity contribution in [2.24, 2.45) is 5.73 Å². The third-order valence-corrected chi connectivity index (χ3v) is 5.09. The third-order valence-electron chi connectivity index (χ3n) is 3.51. The molecule has 2 rings (SSSR count). The lowest BCUT2D eigenvalue weighted by atomic mass is 9.93.